The van der Waals surface area contributed by atoms with Gasteiger partial charge in [-0.3, -0.25) is 4.79 Å². The average Bonchev–Trinajstić information content (AvgIpc) is 2.89. The van der Waals surface area contributed by atoms with Gasteiger partial charge in [0.2, 0.25) is 5.91 Å². The Balaban J connectivity index is 1.89. The van der Waals surface area contributed by atoms with E-state index in [0.29, 0.717) is 5.25 Å². The predicted molar refractivity (Wildman–Crippen MR) is 71.6 cm³/mol. The SMILES string of the molecule is CC(=O)Nc1ccccc1C1Cn2ccnc2S1. The van der Waals surface area contributed by atoms with Crippen LogP contribution < -0.4 is 5.32 Å². The zero-order chi connectivity index (χ0) is 12.5. The number of fused-ring (bicyclic) bond motifs is 1. The first-order valence-electron chi connectivity index (χ1n) is 5.78. The molecule has 1 unspecified atom stereocenters. The summed E-state index contributed by atoms with van der Waals surface area (Å²) in [6.45, 7) is 2.43. The number of para-hydroxylation sites is 1. The molecule has 5 heteroatoms. The van der Waals surface area contributed by atoms with Crippen molar-refractivity contribution in [2.24, 2.45) is 0 Å². The van der Waals surface area contributed by atoms with Gasteiger partial charge in [0.1, 0.15) is 0 Å². The van der Waals surface area contributed by atoms with Gasteiger partial charge in [-0.25, -0.2) is 4.98 Å². The first kappa shape index (κ1) is 11.3. The van der Waals surface area contributed by atoms with Crippen molar-refractivity contribution >= 4 is 23.4 Å². The molecule has 1 aromatic carbocycles. The Bertz CT molecular complexity index is 573. The second-order valence-corrected chi connectivity index (χ2v) is 5.41. The molecule has 0 fully saturated rings. The van der Waals surface area contributed by atoms with Gasteiger partial charge < -0.3 is 9.88 Å². The molecule has 0 aliphatic carbocycles. The highest BCUT2D eigenvalue weighted by atomic mass is 32.2. The number of imidazole rings is 1. The number of aromatic nitrogens is 2. The maximum Gasteiger partial charge on any atom is 0.221 e. The number of nitrogens with one attached hydrogen (secondary N) is 1. The van der Waals surface area contributed by atoms with Crippen molar-refractivity contribution < 1.29 is 4.79 Å². The van der Waals surface area contributed by atoms with Crippen LogP contribution in [0, 0.1) is 0 Å². The van der Waals surface area contributed by atoms with Gasteiger partial charge in [-0.15, -0.1) is 0 Å². The van der Waals surface area contributed by atoms with E-state index < -0.39 is 0 Å². The molecule has 1 aromatic heterocycles. The molecular weight excluding hydrogens is 246 g/mol. The molecular formula is C13H13N3OS. The minimum absolute atomic E-state index is 0.0387. The molecule has 1 amide bonds. The van der Waals surface area contributed by atoms with Gasteiger partial charge in [-0.2, -0.15) is 0 Å². The summed E-state index contributed by atoms with van der Waals surface area (Å²) < 4.78 is 2.14. The number of hydrogen-bond donors (Lipinski definition) is 1. The smallest absolute Gasteiger partial charge is 0.221 e. The largest absolute Gasteiger partial charge is 0.326 e. The number of benzene rings is 1. The van der Waals surface area contributed by atoms with Gasteiger partial charge in [0.05, 0.1) is 5.25 Å². The molecule has 0 spiro atoms. The fourth-order valence-electron chi connectivity index (χ4n) is 2.14. The Morgan fingerprint density at radius 1 is 1.50 bits per heavy atom. The molecule has 0 radical (unpaired) electrons. The van der Waals surface area contributed by atoms with E-state index in [2.05, 4.69) is 20.9 Å². The molecule has 4 nitrogen and oxygen atoms in total. The van der Waals surface area contributed by atoms with Crippen molar-refractivity contribution in [3.63, 3.8) is 0 Å². The highest BCUT2D eigenvalue weighted by Crippen LogP contribution is 2.43. The lowest BCUT2D eigenvalue weighted by atomic mass is 10.1. The van der Waals surface area contributed by atoms with Crippen LogP contribution in [-0.4, -0.2) is 15.5 Å². The normalized spacial score (nSPS) is 17.5. The number of carbonyl (C=O) groups is 1. The van der Waals surface area contributed by atoms with Crippen LogP contribution in [0.3, 0.4) is 0 Å². The summed E-state index contributed by atoms with van der Waals surface area (Å²) in [6.07, 6.45) is 3.81. The predicted octanol–water partition coefficient (Wildman–Crippen LogP) is 2.69. The van der Waals surface area contributed by atoms with Crippen LogP contribution in [0.1, 0.15) is 17.7 Å². The van der Waals surface area contributed by atoms with Gasteiger partial charge in [-0.05, 0) is 11.6 Å². The summed E-state index contributed by atoms with van der Waals surface area (Å²) in [4.78, 5) is 15.5. The van der Waals surface area contributed by atoms with E-state index >= 15 is 0 Å². The minimum Gasteiger partial charge on any atom is -0.326 e. The van der Waals surface area contributed by atoms with Gasteiger partial charge in [0.25, 0.3) is 0 Å². The quantitative estimate of drug-likeness (QED) is 0.902. The fraction of sp³-hybridized carbons (Fsp3) is 0.231. The van der Waals surface area contributed by atoms with Crippen molar-refractivity contribution in [1.82, 2.24) is 9.55 Å². The van der Waals surface area contributed by atoms with Crippen molar-refractivity contribution in [2.45, 2.75) is 23.9 Å². The molecule has 1 N–H and O–H groups in total. The molecule has 2 aromatic rings. The molecule has 1 aliphatic rings. The van der Waals surface area contributed by atoms with E-state index in [0.717, 1.165) is 23.0 Å². The number of hydrogen-bond acceptors (Lipinski definition) is 3. The van der Waals surface area contributed by atoms with E-state index in [1.165, 1.54) is 6.92 Å². The summed E-state index contributed by atoms with van der Waals surface area (Å²) in [5.41, 5.74) is 2.05. The van der Waals surface area contributed by atoms with Gasteiger partial charge in [-0.1, -0.05) is 30.0 Å². The number of carbonyl (C=O) groups excluding carboxylic acids is 1. The van der Waals surface area contributed by atoms with E-state index in [1.807, 2.05) is 30.6 Å². The topological polar surface area (TPSA) is 46.9 Å². The van der Waals surface area contributed by atoms with Crippen LogP contribution >= 0.6 is 11.8 Å². The molecule has 2 heterocycles. The van der Waals surface area contributed by atoms with Crippen LogP contribution in [0.5, 0.6) is 0 Å². The summed E-state index contributed by atoms with van der Waals surface area (Å²) >= 11 is 1.74. The number of thioether (sulfide) groups is 1. The molecule has 0 saturated heterocycles. The standard InChI is InChI=1S/C13H13N3OS/c1-9(17)15-11-5-3-2-4-10(11)12-8-16-7-6-14-13(16)18-12/h2-7,12H,8H2,1H3,(H,15,17). The monoisotopic (exact) mass is 259 g/mol. The van der Waals surface area contributed by atoms with Crippen LogP contribution in [0.25, 0.3) is 0 Å². The maximum atomic E-state index is 11.2. The second-order valence-electron chi connectivity index (χ2n) is 4.24. The number of nitrogens with zero attached hydrogens (tertiary/aromatic N) is 2. The number of anilines is 1. The van der Waals surface area contributed by atoms with Gasteiger partial charge >= 0.3 is 0 Å². The molecule has 1 atom stereocenters. The third-order valence-corrected chi connectivity index (χ3v) is 4.14. The third-order valence-electron chi connectivity index (χ3n) is 2.91. The Hall–Kier alpha value is -1.75. The highest BCUT2D eigenvalue weighted by Gasteiger charge is 2.26. The van der Waals surface area contributed by atoms with Crippen LogP contribution in [0.2, 0.25) is 0 Å². The van der Waals surface area contributed by atoms with E-state index in [9.17, 15) is 4.79 Å². The highest BCUT2D eigenvalue weighted by molar-refractivity contribution is 7.99. The van der Waals surface area contributed by atoms with Crippen LogP contribution in [0.4, 0.5) is 5.69 Å². The molecule has 1 aliphatic heterocycles. The van der Waals surface area contributed by atoms with Gasteiger partial charge in [0.15, 0.2) is 5.16 Å². The summed E-state index contributed by atoms with van der Waals surface area (Å²) in [7, 11) is 0. The second kappa shape index (κ2) is 4.49. The third kappa shape index (κ3) is 2.01. The van der Waals surface area contributed by atoms with Gasteiger partial charge in [0, 0.05) is 31.5 Å². The number of amides is 1. The summed E-state index contributed by atoms with van der Waals surface area (Å²) in [5.74, 6) is -0.0387. The molecule has 0 bridgehead atoms. The van der Waals surface area contributed by atoms with Crippen LogP contribution in [-0.2, 0) is 11.3 Å². The van der Waals surface area contributed by atoms with E-state index in [4.69, 9.17) is 0 Å². The Labute approximate surface area is 109 Å². The van der Waals surface area contributed by atoms with Crippen molar-refractivity contribution in [1.29, 1.82) is 0 Å². The number of rotatable bonds is 2. The van der Waals surface area contributed by atoms with E-state index in [1.54, 1.807) is 11.8 Å². The lowest BCUT2D eigenvalue weighted by Gasteiger charge is -2.14. The van der Waals surface area contributed by atoms with Crippen molar-refractivity contribution in [2.75, 3.05) is 5.32 Å². The fourth-order valence-corrected chi connectivity index (χ4v) is 3.35. The van der Waals surface area contributed by atoms with Crippen LogP contribution in [0.15, 0.2) is 41.8 Å². The molecule has 3 rings (SSSR count). The first-order valence-corrected chi connectivity index (χ1v) is 6.66. The summed E-state index contributed by atoms with van der Waals surface area (Å²) in [5, 5.41) is 4.24. The maximum absolute atomic E-state index is 11.2. The Kier molecular flexibility index (Phi) is 2.83. The zero-order valence-corrected chi connectivity index (χ0v) is 10.8. The molecule has 0 saturated carbocycles. The first-order chi connectivity index (χ1) is 8.74. The minimum atomic E-state index is -0.0387. The lowest BCUT2D eigenvalue weighted by Crippen LogP contribution is -2.09. The zero-order valence-electron chi connectivity index (χ0n) is 9.96. The summed E-state index contributed by atoms with van der Waals surface area (Å²) in [6, 6.07) is 7.95. The molecule has 18 heavy (non-hydrogen) atoms. The Morgan fingerprint density at radius 3 is 3.11 bits per heavy atom. The Morgan fingerprint density at radius 2 is 2.33 bits per heavy atom. The van der Waals surface area contributed by atoms with E-state index in [-0.39, 0.29) is 5.91 Å². The van der Waals surface area contributed by atoms with Crippen molar-refractivity contribution in [3.05, 3.63) is 42.2 Å². The molecule has 92 valence electrons. The average molecular weight is 259 g/mol. The lowest BCUT2D eigenvalue weighted by molar-refractivity contribution is -0.114. The van der Waals surface area contributed by atoms with Crippen molar-refractivity contribution in [3.8, 4) is 0 Å².